The number of nitrogens with zero attached hydrogens (tertiary/aromatic N) is 1. The number of benzene rings is 2. The van der Waals surface area contributed by atoms with Crippen LogP contribution in [0.3, 0.4) is 0 Å². The highest BCUT2D eigenvalue weighted by Crippen LogP contribution is 2.36. The van der Waals surface area contributed by atoms with E-state index in [4.69, 9.17) is 27.3 Å². The molecule has 0 saturated carbocycles. The number of nitrogens with one attached hydrogen (secondary N) is 2. The molecule has 1 aliphatic rings. The van der Waals surface area contributed by atoms with Crippen molar-refractivity contribution in [2.75, 3.05) is 5.73 Å². The molecule has 1 heterocycles. The molecular weight excluding hydrogens is 346 g/mol. The lowest BCUT2D eigenvalue weighted by molar-refractivity contribution is 0.686. The van der Waals surface area contributed by atoms with Crippen LogP contribution in [0.25, 0.3) is 22.2 Å². The topological polar surface area (TPSA) is 113 Å². The average Bonchev–Trinajstić information content (AvgIpc) is 2.75. The zero-order valence-corrected chi connectivity index (χ0v) is 15.6. The molecule has 3 aromatic rings. The molecule has 6 N–H and O–H groups in total. The van der Waals surface area contributed by atoms with Crippen LogP contribution in [0.2, 0.25) is 0 Å². The maximum atomic E-state index is 8.06. The van der Waals surface area contributed by atoms with Crippen molar-refractivity contribution in [3.05, 3.63) is 70.4 Å². The lowest BCUT2D eigenvalue weighted by Gasteiger charge is -2.23. The number of anilines is 1. The van der Waals surface area contributed by atoms with Gasteiger partial charge in [0.1, 0.15) is 0 Å². The standard InChI is InChI=1S/C23H23N5/c24-12-17-19(26)10-11-20-21(17)15-8-4-5-9-16(15)23(28-20)18(13-25)22(27)14-6-2-1-3-7-14/h1-3,6-7,10-13,24-25H,4-5,8-9,26-27H2. The number of aryl methyl sites for hydroxylation is 1. The first-order valence-corrected chi connectivity index (χ1v) is 9.46. The number of fused-ring (bicyclic) bond motifs is 3. The first kappa shape index (κ1) is 17.9. The Bertz CT molecular complexity index is 1110. The van der Waals surface area contributed by atoms with Gasteiger partial charge >= 0.3 is 0 Å². The normalized spacial score (nSPS) is 14.3. The van der Waals surface area contributed by atoms with Crippen molar-refractivity contribution >= 4 is 40.3 Å². The Morgan fingerprint density at radius 3 is 2.36 bits per heavy atom. The van der Waals surface area contributed by atoms with Crippen LogP contribution in [0.15, 0.2) is 42.5 Å². The number of rotatable bonds is 4. The van der Waals surface area contributed by atoms with Gasteiger partial charge in [0.05, 0.1) is 11.2 Å². The van der Waals surface area contributed by atoms with Gasteiger partial charge in [0.2, 0.25) is 0 Å². The summed E-state index contributed by atoms with van der Waals surface area (Å²) in [6.45, 7) is 0. The quantitative estimate of drug-likeness (QED) is 0.409. The number of nitrogen functional groups attached to an aromatic ring is 1. The van der Waals surface area contributed by atoms with Gasteiger partial charge in [0.25, 0.3) is 0 Å². The smallest absolute Gasteiger partial charge is 0.0780 e. The largest absolute Gasteiger partial charge is 0.398 e. The molecule has 2 aromatic carbocycles. The fourth-order valence-electron chi connectivity index (χ4n) is 4.09. The highest BCUT2D eigenvalue weighted by Gasteiger charge is 2.23. The number of nitrogens with two attached hydrogens (primary N) is 2. The van der Waals surface area contributed by atoms with Crippen molar-refractivity contribution in [2.45, 2.75) is 25.7 Å². The first-order valence-electron chi connectivity index (χ1n) is 9.46. The van der Waals surface area contributed by atoms with Gasteiger partial charge < -0.3 is 22.3 Å². The van der Waals surface area contributed by atoms with Crippen LogP contribution in [0.5, 0.6) is 0 Å². The predicted molar refractivity (Wildman–Crippen MR) is 117 cm³/mol. The minimum Gasteiger partial charge on any atom is -0.398 e. The van der Waals surface area contributed by atoms with Crippen LogP contribution in [0.1, 0.15) is 40.8 Å². The minimum absolute atomic E-state index is 0.554. The predicted octanol–water partition coefficient (Wildman–Crippen LogP) is 4.17. The van der Waals surface area contributed by atoms with E-state index in [0.29, 0.717) is 17.0 Å². The van der Waals surface area contributed by atoms with Crippen LogP contribution in [0, 0.1) is 10.8 Å². The highest BCUT2D eigenvalue weighted by atomic mass is 14.7. The van der Waals surface area contributed by atoms with Crippen molar-refractivity contribution in [1.82, 2.24) is 4.98 Å². The van der Waals surface area contributed by atoms with Gasteiger partial charge in [-0.2, -0.15) is 0 Å². The third-order valence-electron chi connectivity index (χ3n) is 5.46. The summed E-state index contributed by atoms with van der Waals surface area (Å²) in [6.07, 6.45) is 6.60. The van der Waals surface area contributed by atoms with E-state index in [2.05, 4.69) is 0 Å². The Balaban J connectivity index is 2.06. The molecule has 5 heteroatoms. The number of hydrogen-bond donors (Lipinski definition) is 4. The molecule has 0 unspecified atom stereocenters. The second-order valence-electron chi connectivity index (χ2n) is 7.07. The van der Waals surface area contributed by atoms with Crippen molar-refractivity contribution in [3.8, 4) is 0 Å². The first-order chi connectivity index (χ1) is 13.7. The van der Waals surface area contributed by atoms with Crippen molar-refractivity contribution in [1.29, 1.82) is 10.8 Å². The van der Waals surface area contributed by atoms with E-state index in [1.807, 2.05) is 36.4 Å². The molecular formula is C23H23N5. The van der Waals surface area contributed by atoms with E-state index in [-0.39, 0.29) is 0 Å². The fourth-order valence-corrected chi connectivity index (χ4v) is 4.09. The summed E-state index contributed by atoms with van der Waals surface area (Å²) in [4.78, 5) is 4.91. The number of aromatic nitrogens is 1. The van der Waals surface area contributed by atoms with E-state index < -0.39 is 0 Å². The molecule has 0 atom stereocenters. The van der Waals surface area contributed by atoms with Gasteiger partial charge in [0, 0.05) is 40.3 Å². The zero-order valence-electron chi connectivity index (χ0n) is 15.6. The molecule has 5 nitrogen and oxygen atoms in total. The summed E-state index contributed by atoms with van der Waals surface area (Å²) >= 11 is 0. The maximum absolute atomic E-state index is 8.06. The Morgan fingerprint density at radius 1 is 0.964 bits per heavy atom. The van der Waals surface area contributed by atoms with E-state index in [9.17, 15) is 0 Å². The van der Waals surface area contributed by atoms with Gasteiger partial charge in [0.15, 0.2) is 0 Å². The summed E-state index contributed by atoms with van der Waals surface area (Å²) < 4.78 is 0. The summed E-state index contributed by atoms with van der Waals surface area (Å²) in [7, 11) is 0. The van der Waals surface area contributed by atoms with Crippen LogP contribution in [0.4, 0.5) is 5.69 Å². The molecule has 0 saturated heterocycles. The second kappa shape index (κ2) is 7.27. The Morgan fingerprint density at radius 2 is 1.68 bits per heavy atom. The summed E-state index contributed by atoms with van der Waals surface area (Å²) in [6, 6.07) is 13.4. The summed E-state index contributed by atoms with van der Waals surface area (Å²) in [5.41, 5.74) is 19.9. The van der Waals surface area contributed by atoms with Gasteiger partial charge in [-0.25, -0.2) is 4.98 Å². The Kier molecular flexibility index (Phi) is 4.65. The van der Waals surface area contributed by atoms with Crippen molar-refractivity contribution in [3.63, 3.8) is 0 Å². The molecule has 1 aromatic heterocycles. The lowest BCUT2D eigenvalue weighted by atomic mass is 9.84. The van der Waals surface area contributed by atoms with Gasteiger partial charge in [-0.1, -0.05) is 30.3 Å². The molecule has 0 radical (unpaired) electrons. The molecule has 0 aliphatic heterocycles. The van der Waals surface area contributed by atoms with Crippen molar-refractivity contribution in [2.24, 2.45) is 5.73 Å². The van der Waals surface area contributed by atoms with E-state index >= 15 is 0 Å². The second-order valence-corrected chi connectivity index (χ2v) is 7.07. The monoisotopic (exact) mass is 369 g/mol. The van der Waals surface area contributed by atoms with E-state index in [0.717, 1.165) is 59.0 Å². The molecule has 0 spiro atoms. The lowest BCUT2D eigenvalue weighted by Crippen LogP contribution is -2.13. The van der Waals surface area contributed by atoms with Crippen LogP contribution >= 0.6 is 0 Å². The van der Waals surface area contributed by atoms with Gasteiger partial charge in [-0.05, 0) is 54.5 Å². The van der Waals surface area contributed by atoms with Crippen LogP contribution in [-0.2, 0) is 12.8 Å². The number of hydrogen-bond acceptors (Lipinski definition) is 5. The fraction of sp³-hybridized carbons (Fsp3) is 0.174. The minimum atomic E-state index is 0.554. The molecule has 0 amide bonds. The third-order valence-corrected chi connectivity index (χ3v) is 5.46. The van der Waals surface area contributed by atoms with E-state index in [1.165, 1.54) is 18.0 Å². The third kappa shape index (κ3) is 2.85. The zero-order chi connectivity index (χ0) is 19.7. The van der Waals surface area contributed by atoms with Crippen LogP contribution in [-0.4, -0.2) is 17.4 Å². The van der Waals surface area contributed by atoms with Gasteiger partial charge in [-0.15, -0.1) is 0 Å². The summed E-state index contributed by atoms with van der Waals surface area (Å²) in [5.74, 6) is 0. The molecule has 28 heavy (non-hydrogen) atoms. The molecule has 140 valence electrons. The Hall–Kier alpha value is -3.47. The van der Waals surface area contributed by atoms with Crippen molar-refractivity contribution < 1.29 is 0 Å². The molecule has 1 aliphatic carbocycles. The highest BCUT2D eigenvalue weighted by molar-refractivity contribution is 6.18. The molecule has 4 rings (SSSR count). The van der Waals surface area contributed by atoms with E-state index in [1.54, 1.807) is 6.07 Å². The molecule has 0 fully saturated rings. The Labute approximate surface area is 164 Å². The molecule has 0 bridgehead atoms. The summed E-state index contributed by atoms with van der Waals surface area (Å²) in [5, 5.41) is 16.9. The number of pyridine rings is 1. The number of allylic oxidation sites excluding steroid dienone is 1. The maximum Gasteiger partial charge on any atom is 0.0780 e. The SMILES string of the molecule is N=CC(=C(N)c1ccccc1)c1nc2ccc(N)c(C=N)c2c2c1CCCC2. The van der Waals surface area contributed by atoms with Gasteiger partial charge in [-0.3, -0.25) is 0 Å². The average molecular weight is 369 g/mol. The van der Waals surface area contributed by atoms with Crippen LogP contribution < -0.4 is 11.5 Å².